The number of rotatable bonds is 26. The number of carbonyl (C=O) groups excluding carboxylic acids is 5. The first-order valence-corrected chi connectivity index (χ1v) is 27.0. The fourth-order valence-electron chi connectivity index (χ4n) is 10.0. The number of amidine groups is 2. The van der Waals surface area contributed by atoms with Crippen molar-refractivity contribution in [2.75, 3.05) is 95.7 Å². The molecule has 4 aliphatic heterocycles. The van der Waals surface area contributed by atoms with E-state index >= 15 is 0 Å². The number of imide groups is 1. The lowest BCUT2D eigenvalue weighted by molar-refractivity contribution is -0.137. The van der Waals surface area contributed by atoms with Gasteiger partial charge in [-0.05, 0) is 130 Å². The zero-order chi connectivity index (χ0) is 54.0. The molecule has 4 aliphatic rings. The van der Waals surface area contributed by atoms with Gasteiger partial charge in [0.2, 0.25) is 17.7 Å². The number of piperazine rings is 1. The van der Waals surface area contributed by atoms with E-state index in [9.17, 15) is 24.0 Å². The van der Waals surface area contributed by atoms with E-state index in [0.29, 0.717) is 127 Å². The maximum absolute atomic E-state index is 13.5. The molecule has 20 nitrogen and oxygen atoms in total. The van der Waals surface area contributed by atoms with Crippen LogP contribution >= 0.6 is 0 Å². The number of nitrogens with zero attached hydrogens (tertiary/aromatic N) is 5. The van der Waals surface area contributed by atoms with Crippen LogP contribution in [-0.4, -0.2) is 153 Å². The summed E-state index contributed by atoms with van der Waals surface area (Å²) in [6.45, 7) is 9.61. The number of aliphatic imine (C=N–C) groups is 1. The Kier molecular flexibility index (Phi) is 20.1. The normalized spacial score (nSPS) is 17.9. The van der Waals surface area contributed by atoms with Gasteiger partial charge >= 0.3 is 0 Å². The van der Waals surface area contributed by atoms with Crippen molar-refractivity contribution < 1.29 is 42.9 Å². The minimum absolute atomic E-state index is 0.0536. The monoisotopic (exact) mass is 1060 g/mol. The number of benzene rings is 3. The molecule has 2 atom stereocenters. The van der Waals surface area contributed by atoms with Crippen LogP contribution < -0.4 is 36.6 Å². The number of pyridine rings is 1. The topological polar surface area (TPSA) is 255 Å². The Bertz CT molecular complexity index is 2710. The van der Waals surface area contributed by atoms with Crippen molar-refractivity contribution in [3.8, 4) is 5.75 Å². The number of hydrogen-bond donors (Lipinski definition) is 6. The molecule has 0 saturated carbocycles. The summed E-state index contributed by atoms with van der Waals surface area (Å²) in [6, 6.07) is 23.4. The van der Waals surface area contributed by atoms with Crippen molar-refractivity contribution in [2.45, 2.75) is 88.9 Å². The minimum atomic E-state index is -0.691. The van der Waals surface area contributed by atoms with Crippen molar-refractivity contribution in [1.82, 2.24) is 30.7 Å². The molecule has 0 aliphatic carbocycles. The molecule has 1 unspecified atom stereocenters. The molecule has 4 aromatic rings. The predicted octanol–water partition coefficient (Wildman–Crippen LogP) is 4.98. The van der Waals surface area contributed by atoms with Crippen LogP contribution in [0.1, 0.15) is 108 Å². The number of aromatic nitrogens is 1. The van der Waals surface area contributed by atoms with Gasteiger partial charge in [-0.15, -0.1) is 0 Å². The Labute approximate surface area is 450 Å². The zero-order valence-corrected chi connectivity index (χ0v) is 44.1. The maximum Gasteiger partial charge on any atom is 0.255 e. The number of ether oxygens (including phenoxy) is 4. The van der Waals surface area contributed by atoms with Gasteiger partial charge in [-0.2, -0.15) is 0 Å². The summed E-state index contributed by atoms with van der Waals surface area (Å²) < 4.78 is 23.2. The van der Waals surface area contributed by atoms with E-state index in [1.165, 1.54) is 0 Å². The van der Waals surface area contributed by atoms with Gasteiger partial charge < -0.3 is 55.3 Å². The molecule has 7 N–H and O–H groups in total. The molecule has 410 valence electrons. The quantitative estimate of drug-likeness (QED) is 0.0210. The van der Waals surface area contributed by atoms with Crippen molar-refractivity contribution in [2.24, 2.45) is 10.7 Å². The molecule has 5 heterocycles. The molecule has 0 radical (unpaired) electrons. The number of unbranched alkanes of at least 4 members (excludes halogenated alkanes) is 3. The number of carbonyl (C=O) groups is 5. The van der Waals surface area contributed by atoms with E-state index in [1.54, 1.807) is 35.5 Å². The van der Waals surface area contributed by atoms with Crippen LogP contribution in [0.5, 0.6) is 5.75 Å². The Morgan fingerprint density at radius 2 is 1.55 bits per heavy atom. The Balaban J connectivity index is 0.629. The van der Waals surface area contributed by atoms with E-state index in [2.05, 4.69) is 36.1 Å². The second-order valence-corrected chi connectivity index (χ2v) is 19.8. The van der Waals surface area contributed by atoms with Gasteiger partial charge in [0.15, 0.2) is 5.84 Å². The highest BCUT2D eigenvalue weighted by Gasteiger charge is 2.40. The summed E-state index contributed by atoms with van der Waals surface area (Å²) in [5.74, 6) is 0.0722. The lowest BCUT2D eigenvalue weighted by Crippen LogP contribution is -2.56. The second-order valence-electron chi connectivity index (χ2n) is 19.8. The summed E-state index contributed by atoms with van der Waals surface area (Å²) in [7, 11) is 0. The van der Waals surface area contributed by atoms with Crippen molar-refractivity contribution in [3.63, 3.8) is 0 Å². The number of hydrogen-bond acceptors (Lipinski definition) is 14. The Hall–Kier alpha value is -7.26. The highest BCUT2D eigenvalue weighted by Crippen LogP contribution is 2.32. The first kappa shape index (κ1) is 56.0. The summed E-state index contributed by atoms with van der Waals surface area (Å²) in [6.07, 6.45) is 9.30. The zero-order valence-electron chi connectivity index (χ0n) is 44.1. The Morgan fingerprint density at radius 3 is 2.30 bits per heavy atom. The van der Waals surface area contributed by atoms with Crippen LogP contribution in [0.3, 0.4) is 0 Å². The first-order valence-electron chi connectivity index (χ1n) is 27.0. The highest BCUT2D eigenvalue weighted by atomic mass is 16.5. The SMILES string of the molecule is C[C@@H](NC(=O)c1cccc(NC2(C(N)=NC(=N)c3ccncc3)CCNCC2)c1)c1cccc(OCCCCCCOCCOCCOCCC(=O)N2CCN(c3ccc4c(c3)CN(C3CCC(=O)NC3=O)C4=O)CC2)c1. The number of nitrogens with one attached hydrogen (secondary N) is 5. The van der Waals surface area contributed by atoms with Crippen molar-refractivity contribution in [1.29, 1.82) is 5.41 Å². The van der Waals surface area contributed by atoms with E-state index in [-0.39, 0.29) is 41.9 Å². The van der Waals surface area contributed by atoms with Gasteiger partial charge in [0.25, 0.3) is 11.8 Å². The van der Waals surface area contributed by atoms with Crippen LogP contribution in [0.25, 0.3) is 0 Å². The molecule has 3 aromatic carbocycles. The molecule has 3 fully saturated rings. The fraction of sp³-hybridized carbons (Fsp3) is 0.474. The molecular weight excluding hydrogens is 983 g/mol. The summed E-state index contributed by atoms with van der Waals surface area (Å²) in [4.78, 5) is 77.7. The third kappa shape index (κ3) is 15.5. The maximum atomic E-state index is 13.5. The van der Waals surface area contributed by atoms with Crippen LogP contribution in [0, 0.1) is 5.41 Å². The van der Waals surface area contributed by atoms with Crippen molar-refractivity contribution in [3.05, 3.63) is 119 Å². The first-order chi connectivity index (χ1) is 37.5. The smallest absolute Gasteiger partial charge is 0.255 e. The lowest BCUT2D eigenvalue weighted by atomic mass is 9.86. The van der Waals surface area contributed by atoms with Gasteiger partial charge in [0.1, 0.15) is 17.6 Å². The molecule has 8 rings (SSSR count). The largest absolute Gasteiger partial charge is 0.494 e. The van der Waals surface area contributed by atoms with Gasteiger partial charge in [0.05, 0.1) is 57.6 Å². The van der Waals surface area contributed by atoms with Crippen LogP contribution in [0.15, 0.2) is 96.2 Å². The summed E-state index contributed by atoms with van der Waals surface area (Å²) >= 11 is 0. The fourth-order valence-corrected chi connectivity index (χ4v) is 10.0. The average molecular weight is 1060 g/mol. The van der Waals surface area contributed by atoms with Crippen LogP contribution in [0.2, 0.25) is 0 Å². The number of amides is 5. The van der Waals surface area contributed by atoms with E-state index in [4.69, 9.17) is 30.1 Å². The summed E-state index contributed by atoms with van der Waals surface area (Å²) in [5, 5.41) is 20.9. The van der Waals surface area contributed by atoms with Crippen LogP contribution in [-0.2, 0) is 35.1 Å². The number of fused-ring (bicyclic) bond motifs is 1. The van der Waals surface area contributed by atoms with E-state index in [1.807, 2.05) is 72.5 Å². The highest BCUT2D eigenvalue weighted by molar-refractivity contribution is 6.08. The molecule has 0 spiro atoms. The molecule has 1 aromatic heterocycles. The van der Waals surface area contributed by atoms with Gasteiger partial charge in [-0.3, -0.25) is 39.7 Å². The molecule has 5 amide bonds. The van der Waals surface area contributed by atoms with Crippen LogP contribution in [0.4, 0.5) is 11.4 Å². The standard InChI is InChI=1S/C57H73N11O9/c1-40(62-53(71)43-9-6-10-45(36-43)65-57(19-23-61-24-20-57)56(59)64-52(58)41-16-21-60-22-17-41)42-8-7-11-47(38-42)77-30-5-3-2-4-29-74-32-34-76-35-33-75-31-18-51(70)67-27-25-66(26-28-67)46-12-13-48-44(37-46)39-68(55(48)73)49-14-15-50(69)63-54(49)72/h6-13,16-17,21-22,36-38,40,49,61,65H,2-5,14-15,18-20,23-35,39H2,1H3,(H,62,71)(H3,58,59,64)(H,63,69,72)/t40-,49?/m1/s1. The third-order valence-electron chi connectivity index (χ3n) is 14.5. The molecule has 0 bridgehead atoms. The Morgan fingerprint density at radius 1 is 0.831 bits per heavy atom. The van der Waals surface area contributed by atoms with Crippen molar-refractivity contribution >= 4 is 52.6 Å². The molecule has 77 heavy (non-hydrogen) atoms. The van der Waals surface area contributed by atoms with Gasteiger partial charge in [-0.1, -0.05) is 24.6 Å². The second kappa shape index (κ2) is 27.7. The molecular formula is C57H73N11O9. The number of nitrogens with two attached hydrogens (primary N) is 1. The summed E-state index contributed by atoms with van der Waals surface area (Å²) in [5.41, 5.74) is 11.2. The van der Waals surface area contributed by atoms with E-state index in [0.717, 1.165) is 67.0 Å². The molecule has 3 saturated heterocycles. The third-order valence-corrected chi connectivity index (χ3v) is 14.5. The van der Waals surface area contributed by atoms with Gasteiger partial charge in [0, 0.05) is 86.2 Å². The predicted molar refractivity (Wildman–Crippen MR) is 292 cm³/mol. The number of anilines is 2. The molecule has 20 heteroatoms. The van der Waals surface area contributed by atoms with E-state index < -0.39 is 17.5 Å². The average Bonchev–Trinajstić information content (AvgIpc) is 3.77. The van der Waals surface area contributed by atoms with Gasteiger partial charge in [-0.25, -0.2) is 4.99 Å². The lowest BCUT2D eigenvalue weighted by Gasteiger charge is -2.38. The minimum Gasteiger partial charge on any atom is -0.494 e. The number of piperidine rings is 2.